The minimum absolute atomic E-state index is 0.0219. The molecule has 6 rings (SSSR count). The number of nitriles is 1. The molecule has 1 aliphatic rings. The minimum atomic E-state index is -1.87. The maximum atomic E-state index is 17.3. The Bertz CT molecular complexity index is 1980. The molecule has 3 aromatic carbocycles. The summed E-state index contributed by atoms with van der Waals surface area (Å²) in [6.07, 6.45) is -2.24. The molecule has 0 saturated carbocycles. The topological polar surface area (TPSA) is 126 Å². The van der Waals surface area contributed by atoms with Crippen LogP contribution in [0.1, 0.15) is 57.0 Å². The van der Waals surface area contributed by atoms with E-state index in [1.165, 1.54) is 17.2 Å². The van der Waals surface area contributed by atoms with Crippen LogP contribution in [0.3, 0.4) is 0 Å². The van der Waals surface area contributed by atoms with Crippen LogP contribution < -0.4 is 9.47 Å². The third kappa shape index (κ3) is 8.47. The van der Waals surface area contributed by atoms with E-state index in [2.05, 4.69) is 21.0 Å². The molecule has 3 heterocycles. The van der Waals surface area contributed by atoms with E-state index in [-0.39, 0.29) is 36.9 Å². The van der Waals surface area contributed by atoms with Crippen molar-refractivity contribution in [3.05, 3.63) is 113 Å². The lowest BCUT2D eigenvalue weighted by Crippen LogP contribution is -2.41. The Morgan fingerprint density at radius 1 is 0.909 bits per heavy atom. The summed E-state index contributed by atoms with van der Waals surface area (Å²) in [4.78, 5) is 12.8. The first-order chi connectivity index (χ1) is 26.6. The van der Waals surface area contributed by atoms with E-state index in [9.17, 15) is 5.26 Å². The van der Waals surface area contributed by atoms with Gasteiger partial charge in [-0.05, 0) is 68.7 Å². The van der Waals surface area contributed by atoms with E-state index < -0.39 is 38.7 Å². The normalized spacial score (nSPS) is 19.3. The van der Waals surface area contributed by atoms with Gasteiger partial charge in [0.25, 0.3) is 8.53 Å². The molecule has 2 aromatic heterocycles. The van der Waals surface area contributed by atoms with E-state index in [0.717, 1.165) is 16.7 Å². The number of imidazole rings is 1. The zero-order valence-electron chi connectivity index (χ0n) is 31.6. The highest BCUT2D eigenvalue weighted by Gasteiger charge is 2.51. The first-order valence-electron chi connectivity index (χ1n) is 18.0. The van der Waals surface area contributed by atoms with Crippen molar-refractivity contribution in [1.29, 1.82) is 5.26 Å². The fourth-order valence-corrected chi connectivity index (χ4v) is 8.81. The number of rotatable bonds is 17. The molecular formula is C40H45ClFN6O6P. The van der Waals surface area contributed by atoms with Crippen molar-refractivity contribution in [1.82, 2.24) is 24.2 Å². The summed E-state index contributed by atoms with van der Waals surface area (Å²) in [5.41, 5.74) is 1.83. The summed E-state index contributed by atoms with van der Waals surface area (Å²) in [5, 5.41) is 9.46. The predicted octanol–water partition coefficient (Wildman–Crippen LogP) is 8.40. The van der Waals surface area contributed by atoms with Gasteiger partial charge >= 0.3 is 0 Å². The average Bonchev–Trinajstić information content (AvgIpc) is 3.76. The largest absolute Gasteiger partial charge is 0.497 e. The van der Waals surface area contributed by atoms with Gasteiger partial charge in [-0.2, -0.15) is 5.26 Å². The highest BCUT2D eigenvalue weighted by atomic mass is 35.5. The van der Waals surface area contributed by atoms with Crippen molar-refractivity contribution in [2.24, 2.45) is 0 Å². The van der Waals surface area contributed by atoms with Crippen molar-refractivity contribution in [3.63, 3.8) is 0 Å². The van der Waals surface area contributed by atoms with E-state index in [1.807, 2.05) is 111 Å². The fourth-order valence-electron chi connectivity index (χ4n) is 6.87. The van der Waals surface area contributed by atoms with Crippen LogP contribution in [0.4, 0.5) is 4.39 Å². The fraction of sp³-hybridized carbons (Fsp3) is 0.400. The number of alkyl halides is 1. The molecule has 0 N–H and O–H groups in total. The Kier molecular flexibility index (Phi) is 13.3. The van der Waals surface area contributed by atoms with Crippen LogP contribution in [0.5, 0.6) is 11.5 Å². The van der Waals surface area contributed by atoms with Crippen molar-refractivity contribution in [3.8, 4) is 17.6 Å². The number of methoxy groups -OCH3 is 2. The SMILES string of the molecule is COc1ccc(C(OC[C@H]2O[C@@H](n3cnc4c(Cl)ncnc43)[C@H](F)[C@@H]2OP(OCCC#N)N(C(C)C)C(C)C)(c2ccccc2)c2ccc(OC)cc2)cc1. The van der Waals surface area contributed by atoms with Gasteiger partial charge in [0, 0.05) is 12.1 Å². The molecule has 290 valence electrons. The molecule has 1 fully saturated rings. The van der Waals surface area contributed by atoms with Gasteiger partial charge in [-0.1, -0.05) is 66.2 Å². The average molecular weight is 791 g/mol. The second-order valence-corrected chi connectivity index (χ2v) is 15.2. The van der Waals surface area contributed by atoms with E-state index in [0.29, 0.717) is 22.7 Å². The van der Waals surface area contributed by atoms with Crippen molar-refractivity contribution in [2.45, 2.75) is 76.4 Å². The Morgan fingerprint density at radius 2 is 1.51 bits per heavy atom. The molecule has 1 unspecified atom stereocenters. The summed E-state index contributed by atoms with van der Waals surface area (Å²) in [5.74, 6) is 1.36. The number of aromatic nitrogens is 4. The van der Waals surface area contributed by atoms with Crippen LogP contribution in [0.2, 0.25) is 5.15 Å². The summed E-state index contributed by atoms with van der Waals surface area (Å²) in [6.45, 7) is 8.07. The summed E-state index contributed by atoms with van der Waals surface area (Å²) in [6, 6.07) is 27.2. The smallest absolute Gasteiger partial charge is 0.259 e. The second-order valence-electron chi connectivity index (χ2n) is 13.4. The lowest BCUT2D eigenvalue weighted by Gasteiger charge is -2.39. The van der Waals surface area contributed by atoms with Gasteiger partial charge in [0.1, 0.15) is 41.2 Å². The maximum Gasteiger partial charge on any atom is 0.259 e. The third-order valence-electron chi connectivity index (χ3n) is 9.37. The van der Waals surface area contributed by atoms with Crippen molar-refractivity contribution in [2.75, 3.05) is 27.4 Å². The van der Waals surface area contributed by atoms with Gasteiger partial charge < -0.3 is 28.0 Å². The molecule has 15 heteroatoms. The molecule has 0 bridgehead atoms. The Balaban J connectivity index is 1.46. The lowest BCUT2D eigenvalue weighted by atomic mass is 9.80. The second kappa shape index (κ2) is 18.1. The molecule has 5 aromatic rings. The lowest BCUT2D eigenvalue weighted by molar-refractivity contribution is -0.0919. The molecule has 12 nitrogen and oxygen atoms in total. The maximum absolute atomic E-state index is 17.3. The number of hydrogen-bond acceptors (Lipinski definition) is 11. The number of nitrogens with zero attached hydrogens (tertiary/aromatic N) is 6. The monoisotopic (exact) mass is 790 g/mol. The highest BCUT2D eigenvalue weighted by molar-refractivity contribution is 7.44. The van der Waals surface area contributed by atoms with Crippen molar-refractivity contribution < 1.29 is 32.4 Å². The Morgan fingerprint density at radius 3 is 2.07 bits per heavy atom. The number of hydrogen-bond donors (Lipinski definition) is 0. The quantitative estimate of drug-likeness (QED) is 0.0390. The molecular weight excluding hydrogens is 746 g/mol. The van der Waals surface area contributed by atoms with Gasteiger partial charge in [-0.15, -0.1) is 0 Å². The number of halogens is 2. The van der Waals surface area contributed by atoms with Gasteiger partial charge in [0.15, 0.2) is 23.2 Å². The van der Waals surface area contributed by atoms with Gasteiger partial charge in [0.05, 0.1) is 46.3 Å². The third-order valence-corrected chi connectivity index (χ3v) is 11.8. The summed E-state index contributed by atoms with van der Waals surface area (Å²) in [7, 11) is 1.36. The van der Waals surface area contributed by atoms with Crippen LogP contribution in [0, 0.1) is 11.3 Å². The molecule has 5 atom stereocenters. The van der Waals surface area contributed by atoms with Crippen LogP contribution >= 0.6 is 20.1 Å². The first-order valence-corrected chi connectivity index (χ1v) is 19.5. The molecule has 0 aliphatic carbocycles. The van der Waals surface area contributed by atoms with Gasteiger partial charge in [-0.25, -0.2) is 24.0 Å². The molecule has 0 spiro atoms. The zero-order valence-corrected chi connectivity index (χ0v) is 33.2. The van der Waals surface area contributed by atoms with Crippen LogP contribution in [0.15, 0.2) is 91.5 Å². The number of fused-ring (bicyclic) bond motifs is 1. The highest BCUT2D eigenvalue weighted by Crippen LogP contribution is 2.51. The Hall–Kier alpha value is -4.25. The number of benzene rings is 3. The van der Waals surface area contributed by atoms with Gasteiger partial charge in [-0.3, -0.25) is 4.57 Å². The predicted molar refractivity (Wildman–Crippen MR) is 207 cm³/mol. The standard InChI is InChI=1S/C40H45ClFN6O6P/c1-26(2)48(27(3)4)55(52-22-10-21-43)54-36-33(53-39(34(36)42)47-25-46-35-37(41)44-24-45-38(35)47)23-51-40(28-11-8-7-9-12-28,29-13-17-31(49-5)18-14-29)30-15-19-32(50-6)20-16-30/h7-9,11-20,24-27,33-34,36,39H,10,22-23H2,1-6H3/t33-,34-,36-,39-,55?/m1/s1. The Labute approximate surface area is 327 Å². The molecule has 1 saturated heterocycles. The van der Waals surface area contributed by atoms with Crippen LogP contribution in [-0.2, 0) is 24.1 Å². The molecule has 0 amide bonds. The van der Waals surface area contributed by atoms with E-state index in [4.69, 9.17) is 39.6 Å². The van der Waals surface area contributed by atoms with E-state index >= 15 is 4.39 Å². The van der Waals surface area contributed by atoms with Crippen LogP contribution in [0.25, 0.3) is 11.2 Å². The van der Waals surface area contributed by atoms with Gasteiger partial charge in [0.2, 0.25) is 0 Å². The first kappa shape index (κ1) is 40.4. The summed E-state index contributed by atoms with van der Waals surface area (Å²) >= 11 is 6.34. The molecule has 0 radical (unpaired) electrons. The van der Waals surface area contributed by atoms with Crippen LogP contribution in [-0.4, -0.2) is 82.1 Å². The number of ether oxygens (including phenoxy) is 4. The van der Waals surface area contributed by atoms with Crippen molar-refractivity contribution >= 4 is 31.3 Å². The van der Waals surface area contributed by atoms with E-state index in [1.54, 1.807) is 14.2 Å². The zero-order chi connectivity index (χ0) is 39.1. The molecule has 55 heavy (non-hydrogen) atoms. The molecule has 1 aliphatic heterocycles. The summed E-state index contributed by atoms with van der Waals surface area (Å²) < 4.78 is 58.6. The minimum Gasteiger partial charge on any atom is -0.497 e.